The molecule has 98 valence electrons. The molecule has 0 radical (unpaired) electrons. The van der Waals surface area contributed by atoms with E-state index in [9.17, 15) is 4.79 Å². The largest absolute Gasteiger partial charge is 0.312 e. The van der Waals surface area contributed by atoms with E-state index in [-0.39, 0.29) is 12.3 Å². The molecular weight excluding hydrogens is 283 g/mol. The van der Waals surface area contributed by atoms with Crippen molar-refractivity contribution < 1.29 is 4.79 Å². The Bertz CT molecular complexity index is 567. The summed E-state index contributed by atoms with van der Waals surface area (Å²) in [5.74, 6) is -0.0944. The number of nitrogens with zero attached hydrogens (tertiary/aromatic N) is 2. The number of aromatic nitrogens is 1. The van der Waals surface area contributed by atoms with Gasteiger partial charge < -0.3 is 4.90 Å². The van der Waals surface area contributed by atoms with Gasteiger partial charge in [-0.3, -0.25) is 9.78 Å². The molecule has 0 aliphatic carbocycles. The van der Waals surface area contributed by atoms with E-state index in [1.54, 1.807) is 43.7 Å². The molecule has 2 aromatic rings. The number of para-hydroxylation sites is 1. The molecule has 0 aliphatic rings. The second-order valence-electron chi connectivity index (χ2n) is 4.06. The fraction of sp³-hybridized carbons (Fsp3) is 0.143. The van der Waals surface area contributed by atoms with Gasteiger partial charge in [-0.05, 0) is 23.8 Å². The molecule has 19 heavy (non-hydrogen) atoms. The van der Waals surface area contributed by atoms with E-state index in [0.717, 1.165) is 5.56 Å². The summed E-state index contributed by atoms with van der Waals surface area (Å²) in [5, 5.41) is 0.907. The van der Waals surface area contributed by atoms with Gasteiger partial charge >= 0.3 is 0 Å². The highest BCUT2D eigenvalue weighted by Crippen LogP contribution is 2.32. The lowest BCUT2D eigenvalue weighted by Crippen LogP contribution is -2.28. The van der Waals surface area contributed by atoms with Gasteiger partial charge in [0.15, 0.2) is 0 Å². The van der Waals surface area contributed by atoms with E-state index in [4.69, 9.17) is 23.2 Å². The summed E-state index contributed by atoms with van der Waals surface area (Å²) in [5.41, 5.74) is 1.38. The topological polar surface area (TPSA) is 33.2 Å². The van der Waals surface area contributed by atoms with Crippen molar-refractivity contribution >= 4 is 34.8 Å². The maximum absolute atomic E-state index is 12.2. The predicted octanol–water partition coefficient (Wildman–Crippen LogP) is 3.59. The van der Waals surface area contributed by atoms with Crippen molar-refractivity contribution in [3.63, 3.8) is 0 Å². The molecule has 2 rings (SSSR count). The zero-order valence-electron chi connectivity index (χ0n) is 10.3. The first-order chi connectivity index (χ1) is 9.09. The lowest BCUT2D eigenvalue weighted by atomic mass is 10.2. The molecule has 0 unspecified atom stereocenters. The average Bonchev–Trinajstić information content (AvgIpc) is 2.39. The Morgan fingerprint density at radius 3 is 2.47 bits per heavy atom. The predicted molar refractivity (Wildman–Crippen MR) is 77.8 cm³/mol. The average molecular weight is 295 g/mol. The molecule has 1 amide bonds. The van der Waals surface area contributed by atoms with Gasteiger partial charge in [-0.25, -0.2) is 0 Å². The maximum Gasteiger partial charge on any atom is 0.231 e. The third-order valence-corrected chi connectivity index (χ3v) is 3.34. The minimum atomic E-state index is -0.0944. The third-order valence-electron chi connectivity index (χ3n) is 2.73. The van der Waals surface area contributed by atoms with Crippen LogP contribution in [-0.4, -0.2) is 17.9 Å². The molecule has 3 nitrogen and oxygen atoms in total. The van der Waals surface area contributed by atoms with Gasteiger partial charge in [0.2, 0.25) is 5.91 Å². The summed E-state index contributed by atoms with van der Waals surface area (Å²) in [6.45, 7) is 0. The first-order valence-electron chi connectivity index (χ1n) is 5.69. The molecule has 0 bridgehead atoms. The normalized spacial score (nSPS) is 10.3. The standard InChI is InChI=1S/C14H12Cl2N2O/c1-18(14-11(15)5-2-6-12(14)16)13(19)8-10-4-3-7-17-9-10/h2-7,9H,8H2,1H3. The molecule has 0 atom stereocenters. The van der Waals surface area contributed by atoms with Crippen molar-refractivity contribution in [1.82, 2.24) is 4.98 Å². The molecule has 1 aromatic heterocycles. The zero-order chi connectivity index (χ0) is 13.8. The number of carbonyl (C=O) groups is 1. The maximum atomic E-state index is 12.2. The van der Waals surface area contributed by atoms with Gasteiger partial charge in [-0.15, -0.1) is 0 Å². The van der Waals surface area contributed by atoms with Gasteiger partial charge in [0.1, 0.15) is 0 Å². The number of carbonyl (C=O) groups excluding carboxylic acids is 1. The van der Waals surface area contributed by atoms with Gasteiger partial charge in [0.25, 0.3) is 0 Å². The Kier molecular flexibility index (Phi) is 4.40. The van der Waals surface area contributed by atoms with Gasteiger partial charge in [-0.1, -0.05) is 35.3 Å². The number of amides is 1. The Labute approximate surface area is 121 Å². The zero-order valence-corrected chi connectivity index (χ0v) is 11.8. The van der Waals surface area contributed by atoms with Crippen molar-refractivity contribution in [3.05, 3.63) is 58.3 Å². The van der Waals surface area contributed by atoms with E-state index in [1.807, 2.05) is 6.07 Å². The van der Waals surface area contributed by atoms with Crippen LogP contribution in [0.4, 0.5) is 5.69 Å². The summed E-state index contributed by atoms with van der Waals surface area (Å²) >= 11 is 12.2. The molecule has 0 saturated carbocycles. The number of pyridine rings is 1. The SMILES string of the molecule is CN(C(=O)Cc1cccnc1)c1c(Cl)cccc1Cl. The number of likely N-dealkylation sites (N-methyl/N-ethyl adjacent to an activating group) is 1. The number of hydrogen-bond acceptors (Lipinski definition) is 2. The lowest BCUT2D eigenvalue weighted by molar-refractivity contribution is -0.117. The summed E-state index contributed by atoms with van der Waals surface area (Å²) in [6.07, 6.45) is 3.59. The lowest BCUT2D eigenvalue weighted by Gasteiger charge is -2.20. The molecule has 5 heteroatoms. The third kappa shape index (κ3) is 3.25. The highest BCUT2D eigenvalue weighted by atomic mass is 35.5. The van der Waals surface area contributed by atoms with Crippen molar-refractivity contribution in [2.24, 2.45) is 0 Å². The van der Waals surface area contributed by atoms with Crippen LogP contribution in [0.1, 0.15) is 5.56 Å². The van der Waals surface area contributed by atoms with Crippen LogP contribution in [0.5, 0.6) is 0 Å². The fourth-order valence-electron chi connectivity index (χ4n) is 1.73. The van der Waals surface area contributed by atoms with E-state index in [0.29, 0.717) is 15.7 Å². The number of halogens is 2. The Morgan fingerprint density at radius 1 is 1.21 bits per heavy atom. The first-order valence-corrected chi connectivity index (χ1v) is 6.44. The molecule has 0 fully saturated rings. The fourth-order valence-corrected chi connectivity index (χ4v) is 2.38. The number of benzene rings is 1. The van der Waals surface area contributed by atoms with E-state index in [2.05, 4.69) is 4.98 Å². The summed E-state index contributed by atoms with van der Waals surface area (Å²) in [7, 11) is 1.66. The highest BCUT2D eigenvalue weighted by Gasteiger charge is 2.17. The van der Waals surface area contributed by atoms with E-state index in [1.165, 1.54) is 4.90 Å². The number of anilines is 1. The minimum Gasteiger partial charge on any atom is -0.312 e. The highest BCUT2D eigenvalue weighted by molar-refractivity contribution is 6.39. The number of hydrogen-bond donors (Lipinski definition) is 0. The molecule has 1 aromatic carbocycles. The molecule has 1 heterocycles. The summed E-state index contributed by atoms with van der Waals surface area (Å²) < 4.78 is 0. The molecule has 0 aliphatic heterocycles. The van der Waals surface area contributed by atoms with Crippen molar-refractivity contribution in [1.29, 1.82) is 0 Å². The van der Waals surface area contributed by atoms with Crippen LogP contribution in [0.3, 0.4) is 0 Å². The second-order valence-corrected chi connectivity index (χ2v) is 4.88. The molecule has 0 saturated heterocycles. The van der Waals surface area contributed by atoms with Crippen LogP contribution in [0, 0.1) is 0 Å². The summed E-state index contributed by atoms with van der Waals surface area (Å²) in [4.78, 5) is 17.7. The smallest absolute Gasteiger partial charge is 0.231 e. The molecule has 0 N–H and O–H groups in total. The van der Waals surface area contributed by atoms with E-state index >= 15 is 0 Å². The van der Waals surface area contributed by atoms with Crippen molar-refractivity contribution in [2.45, 2.75) is 6.42 Å². The van der Waals surface area contributed by atoms with Gasteiger partial charge in [0, 0.05) is 19.4 Å². The van der Waals surface area contributed by atoms with Crippen molar-refractivity contribution in [2.75, 3.05) is 11.9 Å². The summed E-state index contributed by atoms with van der Waals surface area (Å²) in [6, 6.07) is 8.80. The van der Waals surface area contributed by atoms with Crippen molar-refractivity contribution in [3.8, 4) is 0 Å². The Balaban J connectivity index is 2.20. The van der Waals surface area contributed by atoms with Crippen LogP contribution in [0.2, 0.25) is 10.0 Å². The van der Waals surface area contributed by atoms with Crippen LogP contribution in [0.15, 0.2) is 42.7 Å². The number of rotatable bonds is 3. The van der Waals surface area contributed by atoms with Gasteiger partial charge in [0.05, 0.1) is 22.2 Å². The second kappa shape index (κ2) is 6.04. The monoisotopic (exact) mass is 294 g/mol. The van der Waals surface area contributed by atoms with Crippen LogP contribution in [-0.2, 0) is 11.2 Å². The Morgan fingerprint density at radius 2 is 1.89 bits per heavy atom. The van der Waals surface area contributed by atoms with Crippen LogP contribution < -0.4 is 4.90 Å². The minimum absolute atomic E-state index is 0.0944. The quantitative estimate of drug-likeness (QED) is 0.867. The van der Waals surface area contributed by atoms with Crippen LogP contribution >= 0.6 is 23.2 Å². The van der Waals surface area contributed by atoms with Gasteiger partial charge in [-0.2, -0.15) is 0 Å². The molecule has 0 spiro atoms. The molecular formula is C14H12Cl2N2O. The first kappa shape index (κ1) is 13.8. The Hall–Kier alpha value is -1.58. The van der Waals surface area contributed by atoms with E-state index < -0.39 is 0 Å². The van der Waals surface area contributed by atoms with Crippen LogP contribution in [0.25, 0.3) is 0 Å².